The van der Waals surface area contributed by atoms with Gasteiger partial charge in [-0.3, -0.25) is 0 Å². The maximum atomic E-state index is 8.07. The van der Waals surface area contributed by atoms with Crippen LogP contribution >= 0.6 is 40.9 Å². The molecule has 61 valence electrons. The monoisotopic (exact) mass is 413 g/mol. The Hall–Kier alpha value is 2.02. The number of halogens is 3. The summed E-state index contributed by atoms with van der Waals surface area (Å²) in [4.78, 5) is 0. The Morgan fingerprint density at radius 3 is 1.67 bits per heavy atom. The van der Waals surface area contributed by atoms with Crippen molar-refractivity contribution in [3.05, 3.63) is 0 Å². The molecule has 0 heterocycles. The molecule has 1 nitrogen and oxygen atoms in total. The SMILES string of the molecule is CCCCO.[Br][Ru]([Br])[Br]. The van der Waals surface area contributed by atoms with Gasteiger partial charge in [0, 0.05) is 6.61 Å². The van der Waals surface area contributed by atoms with E-state index < -0.39 is 10.1 Å². The van der Waals surface area contributed by atoms with Crippen LogP contribution in [0.25, 0.3) is 0 Å². The molecule has 9 heavy (non-hydrogen) atoms. The van der Waals surface area contributed by atoms with Crippen LogP contribution < -0.4 is 0 Å². The van der Waals surface area contributed by atoms with Crippen molar-refractivity contribution >= 4 is 40.9 Å². The minimum atomic E-state index is -0.732. The number of unbranched alkanes of at least 4 members (excludes halogenated alkanes) is 1. The van der Waals surface area contributed by atoms with Gasteiger partial charge < -0.3 is 5.11 Å². The molecule has 0 saturated heterocycles. The Morgan fingerprint density at radius 2 is 1.67 bits per heavy atom. The molecule has 0 amide bonds. The summed E-state index contributed by atoms with van der Waals surface area (Å²) in [5.74, 6) is 0. The van der Waals surface area contributed by atoms with E-state index in [4.69, 9.17) is 5.11 Å². The van der Waals surface area contributed by atoms with E-state index in [1.807, 2.05) is 0 Å². The molecule has 0 unspecified atom stereocenters. The number of hydrogen-bond acceptors (Lipinski definition) is 1. The first-order valence-electron chi connectivity index (χ1n) is 2.42. The summed E-state index contributed by atoms with van der Waals surface area (Å²) in [6.45, 7) is 2.40. The fourth-order valence-corrected chi connectivity index (χ4v) is 0.158. The molecule has 0 aromatic carbocycles. The van der Waals surface area contributed by atoms with Crippen LogP contribution in [-0.2, 0) is 10.1 Å². The first-order chi connectivity index (χ1) is 4.15. The van der Waals surface area contributed by atoms with Crippen molar-refractivity contribution in [3.8, 4) is 0 Å². The van der Waals surface area contributed by atoms with Gasteiger partial charge in [-0.15, -0.1) is 0 Å². The molecule has 5 heteroatoms. The zero-order chi connectivity index (χ0) is 7.70. The first-order valence-corrected chi connectivity index (χ1v) is 14.3. The van der Waals surface area contributed by atoms with Crippen LogP contribution in [0.15, 0.2) is 0 Å². The van der Waals surface area contributed by atoms with Gasteiger partial charge in [0.15, 0.2) is 0 Å². The molecular weight excluding hydrogens is 405 g/mol. The molecule has 0 aliphatic carbocycles. The Kier molecular flexibility index (Phi) is 19.2. The average Bonchev–Trinajstić information content (AvgIpc) is 1.66. The van der Waals surface area contributed by atoms with Crippen molar-refractivity contribution in [2.24, 2.45) is 0 Å². The van der Waals surface area contributed by atoms with Crippen LogP contribution in [0.3, 0.4) is 0 Å². The minimum absolute atomic E-state index is 0.344. The van der Waals surface area contributed by atoms with E-state index in [0.29, 0.717) is 6.61 Å². The fraction of sp³-hybridized carbons (Fsp3) is 1.00. The predicted octanol–water partition coefficient (Wildman–Crippen LogP) is 3.31. The fourth-order valence-electron chi connectivity index (χ4n) is 0.158. The van der Waals surface area contributed by atoms with Crippen molar-refractivity contribution in [1.29, 1.82) is 0 Å². The van der Waals surface area contributed by atoms with Crippen LogP contribution in [-0.4, -0.2) is 11.7 Å². The van der Waals surface area contributed by atoms with Gasteiger partial charge in [-0.25, -0.2) is 0 Å². The summed E-state index contributed by atoms with van der Waals surface area (Å²) in [6.07, 6.45) is 2.04. The molecule has 0 radical (unpaired) electrons. The molecule has 0 saturated carbocycles. The number of aliphatic hydroxyl groups is 1. The van der Waals surface area contributed by atoms with Crippen molar-refractivity contribution in [1.82, 2.24) is 0 Å². The quantitative estimate of drug-likeness (QED) is 0.687. The third-order valence-electron chi connectivity index (χ3n) is 0.512. The molecule has 0 bridgehead atoms. The number of rotatable bonds is 2. The second kappa shape index (κ2) is 12.7. The van der Waals surface area contributed by atoms with Crippen LogP contribution in [0.4, 0.5) is 0 Å². The van der Waals surface area contributed by atoms with Gasteiger partial charge in [0.05, 0.1) is 0 Å². The van der Waals surface area contributed by atoms with Gasteiger partial charge in [0.2, 0.25) is 0 Å². The summed E-state index contributed by atoms with van der Waals surface area (Å²) in [7, 11) is -0.732. The van der Waals surface area contributed by atoms with Gasteiger partial charge in [-0.1, -0.05) is 13.3 Å². The van der Waals surface area contributed by atoms with Crippen LogP contribution in [0, 0.1) is 0 Å². The van der Waals surface area contributed by atoms with E-state index in [0.717, 1.165) is 12.8 Å². The van der Waals surface area contributed by atoms with Gasteiger partial charge in [-0.2, -0.15) is 0 Å². The normalized spacial score (nSPS) is 9.67. The van der Waals surface area contributed by atoms with Gasteiger partial charge in [0.1, 0.15) is 0 Å². The van der Waals surface area contributed by atoms with E-state index in [1.165, 1.54) is 0 Å². The molecule has 0 rings (SSSR count). The Labute approximate surface area is 81.6 Å². The zero-order valence-corrected chi connectivity index (χ0v) is 11.6. The molecular formula is C4H10Br3ORu. The van der Waals surface area contributed by atoms with Crippen LogP contribution in [0.1, 0.15) is 19.8 Å². The summed E-state index contributed by atoms with van der Waals surface area (Å²) in [6, 6.07) is 0. The first kappa shape index (κ1) is 13.6. The maximum absolute atomic E-state index is 8.07. The topological polar surface area (TPSA) is 20.2 Å². The van der Waals surface area contributed by atoms with Gasteiger partial charge in [-0.05, 0) is 6.42 Å². The van der Waals surface area contributed by atoms with Gasteiger partial charge in [0.25, 0.3) is 0 Å². The summed E-state index contributed by atoms with van der Waals surface area (Å²) in [5.41, 5.74) is 0. The molecule has 0 aliphatic rings. The summed E-state index contributed by atoms with van der Waals surface area (Å²) >= 11 is 9.74. The molecule has 0 aliphatic heterocycles. The van der Waals surface area contributed by atoms with E-state index >= 15 is 0 Å². The molecule has 0 atom stereocenters. The van der Waals surface area contributed by atoms with Crippen molar-refractivity contribution < 1.29 is 15.2 Å². The van der Waals surface area contributed by atoms with Crippen LogP contribution in [0.2, 0.25) is 0 Å². The van der Waals surface area contributed by atoms with E-state index in [9.17, 15) is 0 Å². The molecule has 0 aromatic rings. The van der Waals surface area contributed by atoms with Crippen LogP contribution in [0.5, 0.6) is 0 Å². The zero-order valence-electron chi connectivity index (χ0n) is 5.06. The van der Waals surface area contributed by atoms with E-state index in [2.05, 4.69) is 47.8 Å². The van der Waals surface area contributed by atoms with E-state index in [-0.39, 0.29) is 0 Å². The second-order valence-electron chi connectivity index (χ2n) is 1.23. The summed E-state index contributed by atoms with van der Waals surface area (Å²) in [5, 5.41) is 8.07. The number of aliphatic hydroxyl groups excluding tert-OH is 1. The van der Waals surface area contributed by atoms with Crippen molar-refractivity contribution in [3.63, 3.8) is 0 Å². The number of hydrogen-bond donors (Lipinski definition) is 1. The molecule has 0 aromatic heterocycles. The Morgan fingerprint density at radius 1 is 1.33 bits per heavy atom. The Bertz CT molecular complexity index is 40.0. The van der Waals surface area contributed by atoms with E-state index in [1.54, 1.807) is 0 Å². The third kappa shape index (κ3) is 39.9. The second-order valence-corrected chi connectivity index (χ2v) is 25.3. The van der Waals surface area contributed by atoms with Gasteiger partial charge >= 0.3 is 50.9 Å². The molecule has 0 spiro atoms. The summed E-state index contributed by atoms with van der Waals surface area (Å²) < 4.78 is 0. The Balaban J connectivity index is 0. The standard InChI is InChI=1S/C4H10O.3BrH.Ru/c1-2-3-4-5;;;;/h5H,2-4H2,1H3;3*1H;/q;;;;+3/p-3. The molecule has 0 fully saturated rings. The van der Waals surface area contributed by atoms with Crippen molar-refractivity contribution in [2.75, 3.05) is 6.61 Å². The third-order valence-corrected chi connectivity index (χ3v) is 0.512. The molecule has 1 N–H and O–H groups in total. The average molecular weight is 415 g/mol. The van der Waals surface area contributed by atoms with Crippen molar-refractivity contribution in [2.45, 2.75) is 19.8 Å². The predicted molar refractivity (Wildman–Crippen MR) is 48.8 cm³/mol.